The van der Waals surface area contributed by atoms with Crippen molar-refractivity contribution in [1.82, 2.24) is 14.7 Å². The molecule has 1 aromatic rings. The SMILES string of the molecule is C[C@H](C(F)F)n1nc(C(F)(F)F)cc1C1[C@H]2CC(N3CCC4(CC3)CS(=O)(=O)C4)C[C@@H]12. The van der Waals surface area contributed by atoms with Crippen molar-refractivity contribution in [2.75, 3.05) is 24.6 Å². The van der Waals surface area contributed by atoms with E-state index in [1.54, 1.807) is 0 Å². The maximum atomic E-state index is 13.2. The molecule has 0 N–H and O–H groups in total. The molecule has 4 aliphatic rings. The van der Waals surface area contributed by atoms with Gasteiger partial charge in [0.25, 0.3) is 6.43 Å². The number of sulfone groups is 1. The minimum Gasteiger partial charge on any atom is -0.300 e. The molecule has 174 valence electrons. The molecule has 2 saturated carbocycles. The van der Waals surface area contributed by atoms with Gasteiger partial charge in [0.1, 0.15) is 6.04 Å². The van der Waals surface area contributed by atoms with Crippen molar-refractivity contribution in [1.29, 1.82) is 0 Å². The summed E-state index contributed by atoms with van der Waals surface area (Å²) in [5, 5.41) is 3.50. The number of rotatable bonds is 4. The number of nitrogens with zero attached hydrogens (tertiary/aromatic N) is 3. The predicted molar refractivity (Wildman–Crippen MR) is 103 cm³/mol. The van der Waals surface area contributed by atoms with Crippen molar-refractivity contribution >= 4 is 9.84 Å². The summed E-state index contributed by atoms with van der Waals surface area (Å²) in [6, 6.07) is -0.106. The Labute approximate surface area is 177 Å². The summed E-state index contributed by atoms with van der Waals surface area (Å²) in [5.74, 6) is 0.839. The number of halogens is 5. The molecule has 11 heteroatoms. The molecule has 0 radical (unpaired) electrons. The predicted octanol–water partition coefficient (Wildman–Crippen LogP) is 3.73. The zero-order chi connectivity index (χ0) is 22.3. The molecule has 0 aromatic carbocycles. The molecule has 5 atom stereocenters. The highest BCUT2D eigenvalue weighted by Gasteiger charge is 2.60. The minimum atomic E-state index is -4.66. The van der Waals surface area contributed by atoms with Crippen molar-refractivity contribution in [3.63, 3.8) is 0 Å². The second-order valence-corrected chi connectivity index (χ2v) is 12.1. The van der Waals surface area contributed by atoms with Crippen LogP contribution in [0.5, 0.6) is 0 Å². The Morgan fingerprint density at radius 2 is 1.71 bits per heavy atom. The normalized spacial score (nSPS) is 35.2. The van der Waals surface area contributed by atoms with E-state index in [1.165, 1.54) is 6.92 Å². The van der Waals surface area contributed by atoms with Crippen LogP contribution in [0.25, 0.3) is 0 Å². The number of aromatic nitrogens is 2. The van der Waals surface area contributed by atoms with Gasteiger partial charge in [-0.1, -0.05) is 0 Å². The fraction of sp³-hybridized carbons (Fsp3) is 0.850. The highest BCUT2D eigenvalue weighted by Crippen LogP contribution is 2.64. The van der Waals surface area contributed by atoms with E-state index in [0.29, 0.717) is 17.5 Å². The molecule has 4 fully saturated rings. The van der Waals surface area contributed by atoms with E-state index in [-0.39, 0.29) is 28.9 Å². The Hall–Kier alpha value is -1.23. The lowest BCUT2D eigenvalue weighted by molar-refractivity contribution is -0.141. The molecule has 31 heavy (non-hydrogen) atoms. The third-order valence-electron chi connectivity index (χ3n) is 7.99. The number of likely N-dealkylation sites (tertiary alicyclic amines) is 1. The number of piperidine rings is 1. The van der Waals surface area contributed by atoms with Gasteiger partial charge in [0.05, 0.1) is 11.5 Å². The van der Waals surface area contributed by atoms with Crippen LogP contribution < -0.4 is 0 Å². The van der Waals surface area contributed by atoms with Gasteiger partial charge in [-0.3, -0.25) is 4.68 Å². The van der Waals surface area contributed by atoms with Crippen molar-refractivity contribution < 1.29 is 30.4 Å². The highest BCUT2D eigenvalue weighted by molar-refractivity contribution is 7.92. The van der Waals surface area contributed by atoms with Crippen molar-refractivity contribution in [3.8, 4) is 0 Å². The highest BCUT2D eigenvalue weighted by atomic mass is 32.2. The van der Waals surface area contributed by atoms with E-state index in [2.05, 4.69) is 10.00 Å². The summed E-state index contributed by atoms with van der Waals surface area (Å²) in [4.78, 5) is 2.39. The van der Waals surface area contributed by atoms with Crippen LogP contribution in [-0.2, 0) is 16.0 Å². The maximum Gasteiger partial charge on any atom is 0.435 e. The number of fused-ring (bicyclic) bond motifs is 1. The quantitative estimate of drug-likeness (QED) is 0.634. The minimum absolute atomic E-state index is 0.0503. The van der Waals surface area contributed by atoms with E-state index < -0.39 is 34.2 Å². The summed E-state index contributed by atoms with van der Waals surface area (Å²) in [6.07, 6.45) is -4.02. The van der Waals surface area contributed by atoms with Crippen LogP contribution in [0.3, 0.4) is 0 Å². The van der Waals surface area contributed by atoms with Gasteiger partial charge in [-0.15, -0.1) is 0 Å². The average molecular weight is 468 g/mol. The van der Waals surface area contributed by atoms with E-state index in [1.807, 2.05) is 0 Å². The Bertz CT molecular complexity index is 942. The van der Waals surface area contributed by atoms with Crippen molar-refractivity contribution in [3.05, 3.63) is 17.5 Å². The molecule has 0 bridgehead atoms. The first-order valence-corrected chi connectivity index (χ1v) is 12.6. The van der Waals surface area contributed by atoms with Gasteiger partial charge in [-0.2, -0.15) is 18.3 Å². The topological polar surface area (TPSA) is 55.2 Å². The molecule has 1 aromatic heterocycles. The Kier molecular flexibility index (Phi) is 4.80. The van der Waals surface area contributed by atoms with Gasteiger partial charge in [0.15, 0.2) is 15.5 Å². The van der Waals surface area contributed by atoms with Crippen molar-refractivity contribution in [2.24, 2.45) is 17.3 Å². The molecular formula is C20H26F5N3O2S. The standard InChI is InChI=1S/C20H26F5N3O2S/c1-11(18(21)22)28-15(8-16(26-28)20(23,24)25)17-13-6-12(7-14(13)17)27-4-2-19(3-5-27)9-31(29,30)10-19/h8,11-14,17-18H,2-7,9-10H2,1H3/t11-,12?,13-,14+,17?/m1/s1. The van der Waals surface area contributed by atoms with E-state index in [0.717, 1.165) is 49.5 Å². The molecule has 2 aliphatic heterocycles. The largest absolute Gasteiger partial charge is 0.435 e. The third kappa shape index (κ3) is 3.69. The number of hydrogen-bond acceptors (Lipinski definition) is 4. The zero-order valence-electron chi connectivity index (χ0n) is 17.2. The van der Waals surface area contributed by atoms with Gasteiger partial charge in [0, 0.05) is 23.1 Å². The first kappa shape index (κ1) is 21.6. The Balaban J connectivity index is 1.24. The summed E-state index contributed by atoms with van der Waals surface area (Å²) in [7, 11) is -2.85. The molecule has 2 saturated heterocycles. The summed E-state index contributed by atoms with van der Waals surface area (Å²) in [6.45, 7) is 2.90. The van der Waals surface area contributed by atoms with E-state index in [4.69, 9.17) is 0 Å². The molecule has 2 unspecified atom stereocenters. The molecule has 3 heterocycles. The first-order valence-electron chi connectivity index (χ1n) is 10.8. The smallest absolute Gasteiger partial charge is 0.300 e. The molecule has 0 amide bonds. The molecule has 5 nitrogen and oxygen atoms in total. The van der Waals surface area contributed by atoms with Crippen LogP contribution in [0.15, 0.2) is 6.07 Å². The van der Waals surface area contributed by atoms with Gasteiger partial charge in [0.2, 0.25) is 0 Å². The van der Waals surface area contributed by atoms with Gasteiger partial charge >= 0.3 is 6.18 Å². The van der Waals surface area contributed by atoms with Crippen LogP contribution in [0, 0.1) is 17.3 Å². The molecule has 2 aliphatic carbocycles. The second kappa shape index (κ2) is 6.88. The Morgan fingerprint density at radius 1 is 1.13 bits per heavy atom. The Morgan fingerprint density at radius 3 is 2.19 bits per heavy atom. The molecular weight excluding hydrogens is 441 g/mol. The van der Waals surface area contributed by atoms with Crippen molar-refractivity contribution in [2.45, 2.75) is 63.2 Å². The number of hydrogen-bond donors (Lipinski definition) is 0. The molecule has 5 rings (SSSR count). The van der Waals surface area contributed by atoms with E-state index in [9.17, 15) is 30.4 Å². The summed E-state index contributed by atoms with van der Waals surface area (Å²) >= 11 is 0. The molecule has 1 spiro atoms. The lowest BCUT2D eigenvalue weighted by Crippen LogP contribution is -2.55. The number of alkyl halides is 5. The first-order chi connectivity index (χ1) is 14.4. The van der Waals surface area contributed by atoms with E-state index >= 15 is 0 Å². The van der Waals surface area contributed by atoms with Crippen LogP contribution in [0.1, 0.15) is 56.0 Å². The van der Waals surface area contributed by atoms with Gasteiger partial charge in [-0.25, -0.2) is 17.2 Å². The van der Waals surface area contributed by atoms with Crippen LogP contribution in [0.4, 0.5) is 22.0 Å². The average Bonchev–Trinajstić information content (AvgIpc) is 3.02. The third-order valence-corrected chi connectivity index (χ3v) is 10.1. The lowest BCUT2D eigenvalue weighted by atomic mass is 9.80. The zero-order valence-corrected chi connectivity index (χ0v) is 18.0. The monoisotopic (exact) mass is 467 g/mol. The summed E-state index contributed by atoms with van der Waals surface area (Å²) in [5.41, 5.74) is -0.871. The lowest BCUT2D eigenvalue weighted by Gasteiger charge is -2.48. The van der Waals surface area contributed by atoms with Gasteiger partial charge < -0.3 is 4.90 Å². The fourth-order valence-electron chi connectivity index (χ4n) is 6.32. The summed E-state index contributed by atoms with van der Waals surface area (Å²) < 4.78 is 90.0. The fourth-order valence-corrected chi connectivity index (χ4v) is 8.68. The van der Waals surface area contributed by atoms with Gasteiger partial charge in [-0.05, 0) is 63.6 Å². The second-order valence-electron chi connectivity index (χ2n) is 10.0. The van der Waals surface area contributed by atoms with Crippen LogP contribution in [0.2, 0.25) is 0 Å². The maximum absolute atomic E-state index is 13.2. The van der Waals surface area contributed by atoms with Crippen LogP contribution >= 0.6 is 0 Å². The van der Waals surface area contributed by atoms with Crippen LogP contribution in [-0.4, -0.2) is 60.2 Å².